The molecule has 102 valence electrons. The van der Waals surface area contributed by atoms with Crippen molar-refractivity contribution in [3.05, 3.63) is 30.1 Å². The lowest BCUT2D eigenvalue weighted by molar-refractivity contribution is -0.121. The lowest BCUT2D eigenvalue weighted by Crippen LogP contribution is -2.29. The number of fused-ring (bicyclic) bond motifs is 1. The first-order valence-corrected chi connectivity index (χ1v) is 6.70. The van der Waals surface area contributed by atoms with Gasteiger partial charge in [-0.15, -0.1) is 0 Å². The van der Waals surface area contributed by atoms with Gasteiger partial charge in [0.15, 0.2) is 0 Å². The molecule has 0 spiro atoms. The largest absolute Gasteiger partial charge is 0.328 e. The Balaban J connectivity index is 2.05. The zero-order valence-electron chi connectivity index (χ0n) is 11.2. The highest BCUT2D eigenvalue weighted by Gasteiger charge is 2.08. The molecule has 0 bridgehead atoms. The van der Waals surface area contributed by atoms with Crippen LogP contribution in [0.5, 0.6) is 0 Å². The van der Waals surface area contributed by atoms with Crippen LogP contribution in [0.1, 0.15) is 32.0 Å². The lowest BCUT2D eigenvalue weighted by Gasteiger charge is -2.07. The van der Waals surface area contributed by atoms with Crippen LogP contribution in [0.15, 0.2) is 24.3 Å². The van der Waals surface area contributed by atoms with Crippen molar-refractivity contribution in [1.82, 2.24) is 15.0 Å². The number of carbonyl (C=O) groups is 1. The summed E-state index contributed by atoms with van der Waals surface area (Å²) in [5, 5.41) is 0. The Labute approximate surface area is 112 Å². The fourth-order valence-electron chi connectivity index (χ4n) is 2.27. The van der Waals surface area contributed by atoms with Gasteiger partial charge in [-0.1, -0.05) is 19.1 Å². The van der Waals surface area contributed by atoms with Crippen molar-refractivity contribution in [2.24, 2.45) is 5.84 Å². The van der Waals surface area contributed by atoms with Gasteiger partial charge < -0.3 is 4.57 Å². The van der Waals surface area contributed by atoms with Gasteiger partial charge in [-0.25, -0.2) is 10.8 Å². The minimum atomic E-state index is -0.105. The van der Waals surface area contributed by atoms with Gasteiger partial charge in [-0.3, -0.25) is 10.2 Å². The Morgan fingerprint density at radius 2 is 2.16 bits per heavy atom. The number of hydrogen-bond donors (Lipinski definition) is 2. The highest BCUT2D eigenvalue weighted by molar-refractivity contribution is 5.76. The van der Waals surface area contributed by atoms with E-state index < -0.39 is 0 Å². The number of hydrazine groups is 1. The van der Waals surface area contributed by atoms with E-state index in [0.29, 0.717) is 6.42 Å². The van der Waals surface area contributed by atoms with Gasteiger partial charge in [-0.05, 0) is 25.0 Å². The van der Waals surface area contributed by atoms with Crippen LogP contribution < -0.4 is 11.3 Å². The minimum Gasteiger partial charge on any atom is -0.328 e. The molecule has 1 aromatic heterocycles. The number of hydrogen-bond acceptors (Lipinski definition) is 3. The van der Waals surface area contributed by atoms with Crippen LogP contribution >= 0.6 is 0 Å². The van der Waals surface area contributed by atoms with E-state index in [-0.39, 0.29) is 5.91 Å². The molecule has 3 N–H and O–H groups in total. The summed E-state index contributed by atoms with van der Waals surface area (Å²) in [6.45, 7) is 3.00. The number of aryl methyl sites for hydroxylation is 2. The minimum absolute atomic E-state index is 0.105. The summed E-state index contributed by atoms with van der Waals surface area (Å²) < 4.78 is 2.25. The van der Waals surface area contributed by atoms with Crippen LogP contribution in [-0.4, -0.2) is 15.5 Å². The zero-order chi connectivity index (χ0) is 13.7. The average Bonchev–Trinajstić information content (AvgIpc) is 2.81. The Morgan fingerprint density at radius 1 is 1.37 bits per heavy atom. The molecule has 0 atom stereocenters. The van der Waals surface area contributed by atoms with Gasteiger partial charge in [0.05, 0.1) is 11.0 Å². The maximum atomic E-state index is 11.1. The molecule has 1 aromatic carbocycles. The molecule has 5 nitrogen and oxygen atoms in total. The summed E-state index contributed by atoms with van der Waals surface area (Å²) in [6.07, 6.45) is 3.17. The van der Waals surface area contributed by atoms with Crippen LogP contribution in [-0.2, 0) is 17.8 Å². The molecule has 5 heteroatoms. The molecule has 0 fully saturated rings. The van der Waals surface area contributed by atoms with Crippen molar-refractivity contribution in [3.8, 4) is 0 Å². The third-order valence-corrected chi connectivity index (χ3v) is 3.25. The fraction of sp³-hybridized carbons (Fsp3) is 0.429. The van der Waals surface area contributed by atoms with E-state index in [1.807, 2.05) is 18.2 Å². The molecule has 0 saturated carbocycles. The summed E-state index contributed by atoms with van der Waals surface area (Å²) in [7, 11) is 0. The fourth-order valence-corrected chi connectivity index (χ4v) is 2.27. The highest BCUT2D eigenvalue weighted by atomic mass is 16.2. The number of amides is 1. The van der Waals surface area contributed by atoms with Crippen LogP contribution in [0.4, 0.5) is 0 Å². The molecule has 0 aliphatic carbocycles. The summed E-state index contributed by atoms with van der Waals surface area (Å²) in [6, 6.07) is 8.16. The monoisotopic (exact) mass is 260 g/mol. The Hall–Kier alpha value is -1.88. The van der Waals surface area contributed by atoms with Crippen molar-refractivity contribution < 1.29 is 4.79 Å². The maximum Gasteiger partial charge on any atom is 0.233 e. The highest BCUT2D eigenvalue weighted by Crippen LogP contribution is 2.17. The maximum absolute atomic E-state index is 11.1. The standard InChI is InChI=1S/C14H20N4O/c1-2-13-16-11-7-3-4-8-12(11)18(13)10-6-5-9-14(19)17-15/h3-4,7-8H,2,5-6,9-10,15H2,1H3,(H,17,19). The predicted octanol–water partition coefficient (Wildman–Crippen LogP) is 1.76. The smallest absolute Gasteiger partial charge is 0.233 e. The van der Waals surface area contributed by atoms with E-state index in [1.165, 1.54) is 5.52 Å². The van der Waals surface area contributed by atoms with Crippen molar-refractivity contribution >= 4 is 16.9 Å². The summed E-state index contributed by atoms with van der Waals surface area (Å²) in [5.41, 5.74) is 4.36. The second-order valence-electron chi connectivity index (χ2n) is 4.55. The Bertz CT molecular complexity index is 562. The van der Waals surface area contributed by atoms with E-state index in [9.17, 15) is 4.79 Å². The first kappa shape index (κ1) is 13.5. The van der Waals surface area contributed by atoms with E-state index in [0.717, 1.165) is 37.1 Å². The van der Waals surface area contributed by atoms with Crippen LogP contribution in [0.25, 0.3) is 11.0 Å². The molecule has 0 aliphatic heterocycles. The van der Waals surface area contributed by atoms with Crippen LogP contribution in [0.2, 0.25) is 0 Å². The molecule has 1 amide bonds. The van der Waals surface area contributed by atoms with Gasteiger partial charge in [0.1, 0.15) is 5.82 Å². The zero-order valence-corrected chi connectivity index (χ0v) is 11.2. The molecule has 0 aliphatic rings. The molecule has 2 aromatic rings. The van der Waals surface area contributed by atoms with Crippen molar-refractivity contribution in [3.63, 3.8) is 0 Å². The second kappa shape index (κ2) is 6.33. The number of benzene rings is 1. The number of nitrogens with two attached hydrogens (primary N) is 1. The van der Waals surface area contributed by atoms with E-state index in [1.54, 1.807) is 0 Å². The number of carbonyl (C=O) groups excluding carboxylic acids is 1. The number of nitrogens with one attached hydrogen (secondary N) is 1. The molecule has 19 heavy (non-hydrogen) atoms. The molecule has 0 unspecified atom stereocenters. The van der Waals surface area contributed by atoms with Crippen LogP contribution in [0, 0.1) is 0 Å². The van der Waals surface area contributed by atoms with Gasteiger partial charge in [0, 0.05) is 19.4 Å². The molecule has 1 heterocycles. The summed E-state index contributed by atoms with van der Waals surface area (Å²) >= 11 is 0. The second-order valence-corrected chi connectivity index (χ2v) is 4.55. The van der Waals surface area contributed by atoms with Gasteiger partial charge in [0.25, 0.3) is 0 Å². The number of imidazole rings is 1. The van der Waals surface area contributed by atoms with Crippen molar-refractivity contribution in [2.45, 2.75) is 39.2 Å². The predicted molar refractivity (Wildman–Crippen MR) is 75.3 cm³/mol. The number of unbranched alkanes of at least 4 members (excludes halogenated alkanes) is 1. The lowest BCUT2D eigenvalue weighted by atomic mass is 10.2. The topological polar surface area (TPSA) is 72.9 Å². The van der Waals surface area contributed by atoms with E-state index >= 15 is 0 Å². The molecule has 0 saturated heterocycles. The third-order valence-electron chi connectivity index (χ3n) is 3.25. The van der Waals surface area contributed by atoms with Crippen molar-refractivity contribution in [2.75, 3.05) is 0 Å². The van der Waals surface area contributed by atoms with Crippen molar-refractivity contribution in [1.29, 1.82) is 0 Å². The number of nitrogens with zero attached hydrogens (tertiary/aromatic N) is 2. The van der Waals surface area contributed by atoms with E-state index in [2.05, 4.69) is 28.0 Å². The summed E-state index contributed by atoms with van der Waals surface area (Å²) in [5.74, 6) is 6.05. The quantitative estimate of drug-likeness (QED) is 0.360. The van der Waals surface area contributed by atoms with E-state index in [4.69, 9.17) is 5.84 Å². The van der Waals surface area contributed by atoms with Gasteiger partial charge in [0.2, 0.25) is 5.91 Å². The molecular formula is C14H20N4O. The SMILES string of the molecule is CCc1nc2ccccc2n1CCCCC(=O)NN. The molecular weight excluding hydrogens is 240 g/mol. The third kappa shape index (κ3) is 3.12. The summed E-state index contributed by atoms with van der Waals surface area (Å²) in [4.78, 5) is 15.7. The Kier molecular flexibility index (Phi) is 4.52. The first-order valence-electron chi connectivity index (χ1n) is 6.70. The van der Waals surface area contributed by atoms with Crippen LogP contribution in [0.3, 0.4) is 0 Å². The van der Waals surface area contributed by atoms with Gasteiger partial charge >= 0.3 is 0 Å². The van der Waals surface area contributed by atoms with Gasteiger partial charge in [-0.2, -0.15) is 0 Å². The Morgan fingerprint density at radius 3 is 2.89 bits per heavy atom. The number of rotatable bonds is 6. The molecule has 2 rings (SSSR count). The first-order chi connectivity index (χ1) is 9.26. The average molecular weight is 260 g/mol. The number of aromatic nitrogens is 2. The molecule has 0 radical (unpaired) electrons. The number of para-hydroxylation sites is 2. The normalized spacial score (nSPS) is 10.8.